The molecule has 0 aliphatic carbocycles. The molecule has 1 heterocycles. The first-order valence-electron chi connectivity index (χ1n) is 4.67. The van der Waals surface area contributed by atoms with Crippen molar-refractivity contribution in [2.24, 2.45) is 22.6 Å². The van der Waals surface area contributed by atoms with Gasteiger partial charge in [-0.1, -0.05) is 0 Å². The fourth-order valence-corrected chi connectivity index (χ4v) is 1.77. The summed E-state index contributed by atoms with van der Waals surface area (Å²) in [6.07, 6.45) is 3.10. The van der Waals surface area contributed by atoms with Crippen LogP contribution in [-0.2, 0) is 0 Å². The molecule has 0 aromatic carbocycles. The van der Waals surface area contributed by atoms with Crippen molar-refractivity contribution in [3.63, 3.8) is 0 Å². The molecule has 1 rings (SSSR count). The fraction of sp³-hybridized carbons (Fsp3) is 0.875. The average molecular weight is 186 g/mol. The molecule has 0 amide bonds. The zero-order valence-electron chi connectivity index (χ0n) is 7.82. The van der Waals surface area contributed by atoms with Gasteiger partial charge in [0.05, 0.1) is 0 Å². The van der Waals surface area contributed by atoms with E-state index in [1.54, 1.807) is 0 Å². The molecule has 0 bridgehead atoms. The van der Waals surface area contributed by atoms with Crippen molar-refractivity contribution in [2.75, 3.05) is 19.7 Å². The Kier molecular flexibility index (Phi) is 3.82. The van der Waals surface area contributed by atoms with Crippen LogP contribution < -0.4 is 11.6 Å². The topological polar surface area (TPSA) is 87.9 Å². The molecule has 1 unspecified atom stereocenters. The highest BCUT2D eigenvalue weighted by molar-refractivity contribution is 5.77. The predicted octanol–water partition coefficient (Wildman–Crippen LogP) is -0.731. The molecular formula is C8H18N4O. The molecule has 0 aromatic rings. The highest BCUT2D eigenvalue weighted by Crippen LogP contribution is 2.18. The van der Waals surface area contributed by atoms with Gasteiger partial charge in [0.15, 0.2) is 0 Å². The van der Waals surface area contributed by atoms with E-state index in [0.717, 1.165) is 32.4 Å². The monoisotopic (exact) mass is 186 g/mol. The molecule has 1 aliphatic rings. The summed E-state index contributed by atoms with van der Waals surface area (Å²) in [5.41, 5.74) is 5.59. The SMILES string of the molecule is NN=C(N)N1CCCC(CCO)C1. The molecule has 0 aromatic heterocycles. The van der Waals surface area contributed by atoms with E-state index < -0.39 is 0 Å². The summed E-state index contributed by atoms with van der Waals surface area (Å²) < 4.78 is 0. The lowest BCUT2D eigenvalue weighted by Gasteiger charge is -2.32. The van der Waals surface area contributed by atoms with Crippen LogP contribution in [-0.4, -0.2) is 35.7 Å². The van der Waals surface area contributed by atoms with Crippen molar-refractivity contribution < 1.29 is 5.11 Å². The maximum atomic E-state index is 8.80. The highest BCUT2D eigenvalue weighted by Gasteiger charge is 2.20. The van der Waals surface area contributed by atoms with Crippen molar-refractivity contribution in [3.05, 3.63) is 0 Å². The Bertz CT molecular complexity index is 181. The fourth-order valence-electron chi connectivity index (χ4n) is 1.77. The van der Waals surface area contributed by atoms with E-state index in [0.29, 0.717) is 11.9 Å². The summed E-state index contributed by atoms with van der Waals surface area (Å²) in [5, 5.41) is 12.3. The van der Waals surface area contributed by atoms with Crippen molar-refractivity contribution in [1.82, 2.24) is 4.90 Å². The molecule has 0 saturated carbocycles. The minimum absolute atomic E-state index is 0.248. The number of likely N-dealkylation sites (tertiary alicyclic amines) is 1. The molecule has 0 radical (unpaired) electrons. The molecule has 13 heavy (non-hydrogen) atoms. The second-order valence-electron chi connectivity index (χ2n) is 3.45. The minimum atomic E-state index is 0.248. The summed E-state index contributed by atoms with van der Waals surface area (Å²) in [7, 11) is 0. The number of piperidine rings is 1. The molecule has 5 N–H and O–H groups in total. The lowest BCUT2D eigenvalue weighted by atomic mass is 9.95. The Morgan fingerprint density at radius 3 is 3.00 bits per heavy atom. The van der Waals surface area contributed by atoms with Crippen LogP contribution in [0.4, 0.5) is 0 Å². The van der Waals surface area contributed by atoms with Gasteiger partial charge in [-0.05, 0) is 25.2 Å². The van der Waals surface area contributed by atoms with E-state index in [1.165, 1.54) is 0 Å². The van der Waals surface area contributed by atoms with Crippen LogP contribution in [0.25, 0.3) is 0 Å². The van der Waals surface area contributed by atoms with Gasteiger partial charge in [-0.3, -0.25) is 0 Å². The molecular weight excluding hydrogens is 168 g/mol. The van der Waals surface area contributed by atoms with Gasteiger partial charge in [0.2, 0.25) is 5.96 Å². The minimum Gasteiger partial charge on any atom is -0.396 e. The third-order valence-corrected chi connectivity index (χ3v) is 2.51. The van der Waals surface area contributed by atoms with E-state index in [4.69, 9.17) is 16.7 Å². The summed E-state index contributed by atoms with van der Waals surface area (Å²) in [5.74, 6) is 6.03. The van der Waals surface area contributed by atoms with Crippen molar-refractivity contribution >= 4 is 5.96 Å². The van der Waals surface area contributed by atoms with E-state index in [-0.39, 0.29) is 6.61 Å². The number of rotatable bonds is 2. The Hall–Kier alpha value is -0.970. The van der Waals surface area contributed by atoms with Gasteiger partial charge in [0.1, 0.15) is 0 Å². The van der Waals surface area contributed by atoms with Crippen LogP contribution in [0.3, 0.4) is 0 Å². The third-order valence-electron chi connectivity index (χ3n) is 2.51. The first-order valence-corrected chi connectivity index (χ1v) is 4.67. The van der Waals surface area contributed by atoms with Crippen LogP contribution >= 0.6 is 0 Å². The summed E-state index contributed by atoms with van der Waals surface area (Å²) >= 11 is 0. The number of hydrazone groups is 1. The number of guanidine groups is 1. The summed E-state index contributed by atoms with van der Waals surface area (Å²) in [4.78, 5) is 1.98. The maximum Gasteiger partial charge on any atom is 0.213 e. The summed E-state index contributed by atoms with van der Waals surface area (Å²) in [6.45, 7) is 2.04. The molecule has 5 heteroatoms. The standard InChI is InChI=1S/C8H18N4O/c9-8(11-10)12-4-1-2-7(6-12)3-5-13/h7,13H,1-6,10H2,(H2,9,11). The molecule has 1 fully saturated rings. The molecule has 0 spiro atoms. The Morgan fingerprint density at radius 1 is 1.62 bits per heavy atom. The second kappa shape index (κ2) is 4.91. The first kappa shape index (κ1) is 10.1. The Labute approximate surface area is 78.4 Å². The van der Waals surface area contributed by atoms with Gasteiger partial charge in [-0.15, -0.1) is 5.10 Å². The van der Waals surface area contributed by atoms with Crippen molar-refractivity contribution in [2.45, 2.75) is 19.3 Å². The quantitative estimate of drug-likeness (QED) is 0.229. The zero-order chi connectivity index (χ0) is 9.68. The number of nitrogens with zero attached hydrogens (tertiary/aromatic N) is 2. The number of aliphatic hydroxyl groups is 1. The van der Waals surface area contributed by atoms with Gasteiger partial charge in [-0.2, -0.15) is 0 Å². The van der Waals surface area contributed by atoms with Crippen LogP contribution in [0.1, 0.15) is 19.3 Å². The number of nitrogens with two attached hydrogens (primary N) is 2. The molecule has 76 valence electrons. The van der Waals surface area contributed by atoms with Crippen molar-refractivity contribution in [3.8, 4) is 0 Å². The summed E-state index contributed by atoms with van der Waals surface area (Å²) in [6, 6.07) is 0. The van der Waals surface area contributed by atoms with Gasteiger partial charge in [-0.25, -0.2) is 0 Å². The van der Waals surface area contributed by atoms with Gasteiger partial charge >= 0.3 is 0 Å². The largest absolute Gasteiger partial charge is 0.396 e. The zero-order valence-corrected chi connectivity index (χ0v) is 7.82. The van der Waals surface area contributed by atoms with Crippen LogP contribution in [0, 0.1) is 5.92 Å². The average Bonchev–Trinajstić information content (AvgIpc) is 2.18. The van der Waals surface area contributed by atoms with E-state index in [9.17, 15) is 0 Å². The normalized spacial score (nSPS) is 24.8. The maximum absolute atomic E-state index is 8.80. The Balaban J connectivity index is 2.41. The Morgan fingerprint density at radius 2 is 2.38 bits per heavy atom. The number of hydrogen-bond acceptors (Lipinski definition) is 3. The molecule has 1 aliphatic heterocycles. The van der Waals surface area contributed by atoms with Crippen LogP contribution in [0.5, 0.6) is 0 Å². The van der Waals surface area contributed by atoms with Crippen molar-refractivity contribution in [1.29, 1.82) is 0 Å². The van der Waals surface area contributed by atoms with E-state index in [1.807, 2.05) is 4.90 Å². The molecule has 1 saturated heterocycles. The highest BCUT2D eigenvalue weighted by atomic mass is 16.3. The third kappa shape index (κ3) is 2.77. The van der Waals surface area contributed by atoms with Crippen LogP contribution in [0.15, 0.2) is 5.10 Å². The number of aliphatic hydroxyl groups excluding tert-OH is 1. The first-order chi connectivity index (χ1) is 6.27. The predicted molar refractivity (Wildman–Crippen MR) is 51.8 cm³/mol. The number of hydrogen-bond donors (Lipinski definition) is 3. The lowest BCUT2D eigenvalue weighted by Crippen LogP contribution is -2.44. The molecule has 5 nitrogen and oxygen atoms in total. The lowest BCUT2D eigenvalue weighted by molar-refractivity contribution is 0.197. The second-order valence-corrected chi connectivity index (χ2v) is 3.45. The molecule has 1 atom stereocenters. The van der Waals surface area contributed by atoms with Gasteiger partial charge in [0.25, 0.3) is 0 Å². The van der Waals surface area contributed by atoms with E-state index >= 15 is 0 Å². The smallest absolute Gasteiger partial charge is 0.213 e. The van der Waals surface area contributed by atoms with Gasteiger partial charge < -0.3 is 21.6 Å². The van der Waals surface area contributed by atoms with Gasteiger partial charge in [0, 0.05) is 19.7 Å². The van der Waals surface area contributed by atoms with E-state index in [2.05, 4.69) is 5.10 Å². The van der Waals surface area contributed by atoms with Crippen LogP contribution in [0.2, 0.25) is 0 Å².